The van der Waals surface area contributed by atoms with Gasteiger partial charge in [-0.1, -0.05) is 11.6 Å². The van der Waals surface area contributed by atoms with Crippen LogP contribution < -0.4 is 10.5 Å². The number of aryl methyl sites for hydroxylation is 1. The van der Waals surface area contributed by atoms with Crippen LogP contribution in [0.1, 0.15) is 11.1 Å². The molecule has 0 amide bonds. The summed E-state index contributed by atoms with van der Waals surface area (Å²) in [5.41, 5.74) is 7.13. The van der Waals surface area contributed by atoms with Crippen LogP contribution >= 0.6 is 11.6 Å². The van der Waals surface area contributed by atoms with E-state index in [2.05, 4.69) is 4.72 Å². The lowest BCUT2D eigenvalue weighted by Crippen LogP contribution is -2.14. The van der Waals surface area contributed by atoms with Gasteiger partial charge in [0.1, 0.15) is 0 Å². The SMILES string of the molecule is Cc1cc(C#N)ccc1S(=O)(=O)Nc1ccc(N)cc1Cl. The lowest BCUT2D eigenvalue weighted by Gasteiger charge is -2.12. The molecule has 5 nitrogen and oxygen atoms in total. The summed E-state index contributed by atoms with van der Waals surface area (Å²) >= 11 is 5.96. The summed E-state index contributed by atoms with van der Waals surface area (Å²) in [4.78, 5) is 0.0920. The topological polar surface area (TPSA) is 96.0 Å². The highest BCUT2D eigenvalue weighted by atomic mass is 35.5. The lowest BCUT2D eigenvalue weighted by atomic mass is 10.2. The number of rotatable bonds is 3. The lowest BCUT2D eigenvalue weighted by molar-refractivity contribution is 0.600. The number of hydrogen-bond acceptors (Lipinski definition) is 4. The summed E-state index contributed by atoms with van der Waals surface area (Å²) in [5, 5.41) is 9.02. The van der Waals surface area contributed by atoms with Crippen molar-refractivity contribution >= 4 is 33.0 Å². The highest BCUT2D eigenvalue weighted by Gasteiger charge is 2.18. The number of anilines is 2. The van der Waals surface area contributed by atoms with Gasteiger partial charge in [0.05, 0.1) is 27.2 Å². The van der Waals surface area contributed by atoms with E-state index in [9.17, 15) is 8.42 Å². The normalized spacial score (nSPS) is 10.9. The molecule has 0 unspecified atom stereocenters. The molecule has 0 radical (unpaired) electrons. The van der Waals surface area contributed by atoms with Crippen molar-refractivity contribution in [3.05, 3.63) is 52.5 Å². The van der Waals surface area contributed by atoms with Gasteiger partial charge in [-0.25, -0.2) is 8.42 Å². The molecule has 0 saturated carbocycles. The second-order valence-electron chi connectivity index (χ2n) is 4.44. The first-order valence-electron chi connectivity index (χ1n) is 5.92. The van der Waals surface area contributed by atoms with Gasteiger partial charge in [0.15, 0.2) is 0 Å². The van der Waals surface area contributed by atoms with Crippen LogP contribution in [0.3, 0.4) is 0 Å². The predicted molar refractivity (Wildman–Crippen MR) is 82.6 cm³/mol. The molecule has 0 heterocycles. The van der Waals surface area contributed by atoms with E-state index in [1.54, 1.807) is 13.0 Å². The predicted octanol–water partition coefficient (Wildman–Crippen LogP) is 2.90. The van der Waals surface area contributed by atoms with Gasteiger partial charge in [-0.3, -0.25) is 4.72 Å². The maximum atomic E-state index is 12.4. The van der Waals surface area contributed by atoms with Crippen molar-refractivity contribution in [2.24, 2.45) is 0 Å². The first-order valence-corrected chi connectivity index (χ1v) is 7.78. The van der Waals surface area contributed by atoms with E-state index in [-0.39, 0.29) is 15.6 Å². The molecule has 3 N–H and O–H groups in total. The molecule has 0 aliphatic heterocycles. The van der Waals surface area contributed by atoms with E-state index in [1.807, 2.05) is 6.07 Å². The van der Waals surface area contributed by atoms with Gasteiger partial charge in [0.25, 0.3) is 10.0 Å². The second kappa shape index (κ2) is 5.64. The number of nitrogens with zero attached hydrogens (tertiary/aromatic N) is 1. The fraction of sp³-hybridized carbons (Fsp3) is 0.0714. The first-order chi connectivity index (χ1) is 9.83. The molecule has 108 valence electrons. The van der Waals surface area contributed by atoms with E-state index in [1.165, 1.54) is 30.3 Å². The molecular formula is C14H12ClN3O2S. The van der Waals surface area contributed by atoms with Crippen molar-refractivity contribution < 1.29 is 8.42 Å². The van der Waals surface area contributed by atoms with Crippen molar-refractivity contribution in [1.82, 2.24) is 0 Å². The Morgan fingerprint density at radius 3 is 2.52 bits per heavy atom. The van der Waals surface area contributed by atoms with Crippen LogP contribution in [-0.4, -0.2) is 8.42 Å². The van der Waals surface area contributed by atoms with E-state index in [0.717, 1.165) is 0 Å². The number of benzene rings is 2. The summed E-state index contributed by atoms with van der Waals surface area (Å²) in [5.74, 6) is 0. The highest BCUT2D eigenvalue weighted by molar-refractivity contribution is 7.92. The fourth-order valence-corrected chi connectivity index (χ4v) is 3.43. The van der Waals surface area contributed by atoms with Crippen LogP contribution in [0.5, 0.6) is 0 Å². The molecule has 0 fully saturated rings. The minimum Gasteiger partial charge on any atom is -0.399 e. The summed E-state index contributed by atoms with van der Waals surface area (Å²) in [6.45, 7) is 1.62. The zero-order valence-electron chi connectivity index (χ0n) is 11.1. The third-order valence-electron chi connectivity index (χ3n) is 2.83. The zero-order chi connectivity index (χ0) is 15.6. The Balaban J connectivity index is 2.41. The zero-order valence-corrected chi connectivity index (χ0v) is 12.7. The van der Waals surface area contributed by atoms with Crippen molar-refractivity contribution in [2.45, 2.75) is 11.8 Å². The molecule has 0 saturated heterocycles. The Labute approximate surface area is 128 Å². The maximum absolute atomic E-state index is 12.4. The Morgan fingerprint density at radius 1 is 1.24 bits per heavy atom. The molecule has 0 aliphatic carbocycles. The van der Waals surface area contributed by atoms with Crippen molar-refractivity contribution in [1.29, 1.82) is 5.26 Å². The largest absolute Gasteiger partial charge is 0.399 e. The summed E-state index contributed by atoms with van der Waals surface area (Å²) in [6, 6.07) is 10.8. The summed E-state index contributed by atoms with van der Waals surface area (Å²) < 4.78 is 27.2. The Hall–Kier alpha value is -2.23. The molecule has 0 spiro atoms. The van der Waals surface area contributed by atoms with Crippen molar-refractivity contribution in [2.75, 3.05) is 10.5 Å². The molecule has 2 aromatic rings. The quantitative estimate of drug-likeness (QED) is 0.849. The Morgan fingerprint density at radius 2 is 1.95 bits per heavy atom. The van der Waals surface area contributed by atoms with Crippen LogP contribution in [0, 0.1) is 18.3 Å². The monoisotopic (exact) mass is 321 g/mol. The summed E-state index contributed by atoms with van der Waals surface area (Å²) in [7, 11) is -3.79. The van der Waals surface area contributed by atoms with Crippen LogP contribution in [-0.2, 0) is 10.0 Å². The molecule has 21 heavy (non-hydrogen) atoms. The van der Waals surface area contributed by atoms with Crippen molar-refractivity contribution in [3.63, 3.8) is 0 Å². The number of nitrogen functional groups attached to an aromatic ring is 1. The van der Waals surface area contributed by atoms with Crippen LogP contribution in [0.4, 0.5) is 11.4 Å². The number of nitrogens with one attached hydrogen (secondary N) is 1. The maximum Gasteiger partial charge on any atom is 0.262 e. The third kappa shape index (κ3) is 3.27. The van der Waals surface area contributed by atoms with Gasteiger partial charge >= 0.3 is 0 Å². The molecule has 2 aromatic carbocycles. The molecule has 0 bridgehead atoms. The second-order valence-corrected chi connectivity index (χ2v) is 6.49. The van der Waals surface area contributed by atoms with Gasteiger partial charge < -0.3 is 5.73 Å². The minimum atomic E-state index is -3.79. The van der Waals surface area contributed by atoms with E-state index in [0.29, 0.717) is 16.8 Å². The standard InChI is InChI=1S/C14H12ClN3O2S/c1-9-6-10(8-16)2-5-14(9)21(19,20)18-13-4-3-11(17)7-12(13)15/h2-7,18H,17H2,1H3. The molecular weight excluding hydrogens is 310 g/mol. The number of halogens is 1. The van der Waals surface area contributed by atoms with E-state index >= 15 is 0 Å². The van der Waals surface area contributed by atoms with Gasteiger partial charge in [0.2, 0.25) is 0 Å². The molecule has 0 aromatic heterocycles. The van der Waals surface area contributed by atoms with E-state index in [4.69, 9.17) is 22.6 Å². The molecule has 0 aliphatic rings. The molecule has 2 rings (SSSR count). The van der Waals surface area contributed by atoms with Crippen LogP contribution in [0.25, 0.3) is 0 Å². The number of nitriles is 1. The average Bonchev–Trinajstić information content (AvgIpc) is 2.41. The van der Waals surface area contributed by atoms with Gasteiger partial charge in [0, 0.05) is 5.69 Å². The number of nitrogens with two attached hydrogens (primary N) is 1. The first kappa shape index (κ1) is 15.2. The van der Waals surface area contributed by atoms with Gasteiger partial charge in [-0.15, -0.1) is 0 Å². The summed E-state index contributed by atoms with van der Waals surface area (Å²) in [6.07, 6.45) is 0. The van der Waals surface area contributed by atoms with Crippen LogP contribution in [0.2, 0.25) is 5.02 Å². The smallest absolute Gasteiger partial charge is 0.262 e. The number of sulfonamides is 1. The molecule has 0 atom stereocenters. The fourth-order valence-electron chi connectivity index (χ4n) is 1.83. The molecule has 7 heteroatoms. The Kier molecular flexibility index (Phi) is 4.07. The van der Waals surface area contributed by atoms with Crippen LogP contribution in [0.15, 0.2) is 41.3 Å². The number of hydrogen-bond donors (Lipinski definition) is 2. The minimum absolute atomic E-state index is 0.0920. The highest BCUT2D eigenvalue weighted by Crippen LogP contribution is 2.27. The van der Waals surface area contributed by atoms with Gasteiger partial charge in [-0.05, 0) is 48.9 Å². The average molecular weight is 322 g/mol. The van der Waals surface area contributed by atoms with E-state index < -0.39 is 10.0 Å². The Bertz CT molecular complexity index is 842. The van der Waals surface area contributed by atoms with Gasteiger partial charge in [-0.2, -0.15) is 5.26 Å². The third-order valence-corrected chi connectivity index (χ3v) is 4.67. The van der Waals surface area contributed by atoms with Crippen molar-refractivity contribution in [3.8, 4) is 6.07 Å².